The molecule has 0 unspecified atom stereocenters. The first-order chi connectivity index (χ1) is 28.7. The molecule has 63 heavy (non-hydrogen) atoms. The highest BCUT2D eigenvalue weighted by Crippen LogP contribution is 2.40. The Kier molecular flexibility index (Phi) is 17.5. The maximum absolute atomic E-state index is 13.1. The maximum Gasteiger partial charge on any atom is 0.407 e. The van der Waals surface area contributed by atoms with Gasteiger partial charge in [-0.25, -0.2) is 24.7 Å². The summed E-state index contributed by atoms with van der Waals surface area (Å²) in [5.41, 5.74) is 5.39. The first-order valence-corrected chi connectivity index (χ1v) is 25.4. The summed E-state index contributed by atoms with van der Waals surface area (Å²) in [6.07, 6.45) is -3.39. The highest BCUT2D eigenvalue weighted by molar-refractivity contribution is 7.19. The first kappa shape index (κ1) is 52.5. The van der Waals surface area contributed by atoms with Crippen LogP contribution in [-0.4, -0.2) is 108 Å². The second kappa shape index (κ2) is 21.0. The molecule has 4 aromatic heterocycles. The van der Waals surface area contributed by atoms with Crippen LogP contribution in [0.15, 0.2) is 24.8 Å². The molecule has 4 N–H and O–H groups in total. The Bertz CT molecular complexity index is 2110. The molecule has 0 aliphatic heterocycles. The van der Waals surface area contributed by atoms with Crippen LogP contribution in [0.25, 0.3) is 20.4 Å². The van der Waals surface area contributed by atoms with Crippen LogP contribution in [-0.2, 0) is 22.0 Å². The molecule has 0 bridgehead atoms. The van der Waals surface area contributed by atoms with Gasteiger partial charge in [0, 0.05) is 47.0 Å². The van der Waals surface area contributed by atoms with E-state index in [4.69, 9.17) is 14.9 Å². The number of amides is 1. The summed E-state index contributed by atoms with van der Waals surface area (Å²) in [5, 5.41) is 13.6. The number of aromatic nitrogens is 4. The minimum Gasteiger partial charge on any atom is -0.444 e. The number of nitrogens with one attached hydrogen (secondary N) is 1. The van der Waals surface area contributed by atoms with Crippen molar-refractivity contribution in [3.63, 3.8) is 0 Å². The predicted molar refractivity (Wildman–Crippen MR) is 243 cm³/mol. The summed E-state index contributed by atoms with van der Waals surface area (Å²) >= 11 is 2.08. The van der Waals surface area contributed by atoms with Gasteiger partial charge in [-0.1, -0.05) is 20.8 Å². The molecule has 0 radical (unpaired) electrons. The van der Waals surface area contributed by atoms with Gasteiger partial charge in [-0.15, -0.1) is 35.1 Å². The third kappa shape index (κ3) is 15.0. The van der Waals surface area contributed by atoms with Crippen molar-refractivity contribution in [1.29, 1.82) is 0 Å². The number of aliphatic hydroxyl groups is 1. The van der Waals surface area contributed by atoms with Crippen LogP contribution < -0.4 is 20.9 Å². The van der Waals surface area contributed by atoms with Crippen molar-refractivity contribution in [2.45, 2.75) is 153 Å². The fourth-order valence-corrected chi connectivity index (χ4v) is 10.7. The summed E-state index contributed by atoms with van der Waals surface area (Å²) in [6, 6.07) is 3.28. The highest BCUT2D eigenvalue weighted by Gasteiger charge is 2.39. The SMILES string of the molecule is CC(C)(C)OC(=O)N[C@H]1CC[C@@H](N(CCO[Si](C)(C)C(C)(C)C)c2ncnc3sc(CC(F)(F)F)cc23)C1.Cl.N[C@H]1CC[C@@H](N(CCO)c2ncnc3sc(CC(F)(F)F)cc23)C1. The third-order valence-electron chi connectivity index (χ3n) is 11.4. The number of nitrogens with two attached hydrogens (primary N) is 1. The van der Waals surface area contributed by atoms with E-state index in [0.29, 0.717) is 58.2 Å². The number of hydrogen-bond donors (Lipinski definition) is 3. The molecule has 4 heterocycles. The van der Waals surface area contributed by atoms with Gasteiger partial charge >= 0.3 is 18.4 Å². The number of rotatable bonds is 13. The van der Waals surface area contributed by atoms with Crippen LogP contribution in [0, 0.1) is 0 Å². The van der Waals surface area contributed by atoms with Gasteiger partial charge in [-0.2, -0.15) is 26.3 Å². The molecule has 354 valence electrons. The lowest BCUT2D eigenvalue weighted by Gasteiger charge is -2.38. The van der Waals surface area contributed by atoms with Gasteiger partial charge in [0.1, 0.15) is 39.6 Å². The number of hydrogen-bond acceptors (Lipinski definition) is 13. The van der Waals surface area contributed by atoms with Gasteiger partial charge < -0.3 is 35.1 Å². The zero-order valence-corrected chi connectivity index (χ0v) is 40.5. The van der Waals surface area contributed by atoms with Crippen molar-refractivity contribution >= 4 is 81.6 Å². The van der Waals surface area contributed by atoms with Gasteiger partial charge in [0.05, 0.1) is 36.8 Å². The minimum atomic E-state index is -4.29. The highest BCUT2D eigenvalue weighted by atomic mass is 35.5. The monoisotopic (exact) mass is 970 g/mol. The molecule has 2 aliphatic rings. The van der Waals surface area contributed by atoms with E-state index < -0.39 is 45.2 Å². The Hall–Kier alpha value is -3.08. The molecular weight excluding hydrogens is 910 g/mol. The number of fused-ring (bicyclic) bond motifs is 2. The predicted octanol–water partition coefficient (Wildman–Crippen LogP) is 9.97. The van der Waals surface area contributed by atoms with Crippen molar-refractivity contribution in [2.24, 2.45) is 5.73 Å². The van der Waals surface area contributed by atoms with Crippen LogP contribution in [0.4, 0.5) is 42.8 Å². The van der Waals surface area contributed by atoms with Gasteiger partial charge in [0.2, 0.25) is 0 Å². The van der Waals surface area contributed by atoms with Gasteiger partial charge in [-0.3, -0.25) is 0 Å². The molecule has 4 atom stereocenters. The van der Waals surface area contributed by atoms with Gasteiger partial charge in [0.15, 0.2) is 8.32 Å². The van der Waals surface area contributed by atoms with Crippen molar-refractivity contribution in [3.8, 4) is 0 Å². The standard InChI is InChI=1S/C26H41F3N4O3SSi.C15H19F3N4OS.ClH/c1-24(2,3)36-23(34)32-17-9-10-18(13-17)33(11-12-35-38(7,8)25(4,5)6)21-20-14-19(15-26(27,28)29)37-22(20)31-16-30-21;16-15(17,18)7-11-6-12-13(20-8-21-14(12)24-11)22(3-4-23)10-2-1-9(19)5-10;/h14,16-18H,9-13,15H2,1-8H3,(H,32,34);6,8-10,23H,1-5,7,19H2;1H/t17-,18+;9-,10+;/m00./s1. The topological polar surface area (TPSA) is 152 Å². The molecule has 2 aliphatic carbocycles. The lowest BCUT2D eigenvalue weighted by molar-refractivity contribution is -0.127. The first-order valence-electron chi connectivity index (χ1n) is 20.9. The van der Waals surface area contributed by atoms with E-state index in [1.807, 2.05) is 25.7 Å². The largest absolute Gasteiger partial charge is 0.444 e. The zero-order valence-electron chi connectivity index (χ0n) is 37.0. The van der Waals surface area contributed by atoms with Crippen molar-refractivity contribution in [1.82, 2.24) is 25.3 Å². The lowest BCUT2D eigenvalue weighted by Crippen LogP contribution is -2.45. The molecule has 2 saturated carbocycles. The van der Waals surface area contributed by atoms with Crippen LogP contribution in [0.1, 0.15) is 89.8 Å². The summed E-state index contributed by atoms with van der Waals surface area (Å²) in [5.74, 6) is 1.19. The molecule has 4 aromatic rings. The fraction of sp³-hybridized carbons (Fsp3) is 0.683. The Morgan fingerprint density at radius 2 is 1.30 bits per heavy atom. The van der Waals surface area contributed by atoms with Crippen molar-refractivity contribution < 1.29 is 45.4 Å². The van der Waals surface area contributed by atoms with E-state index in [1.54, 1.807) is 6.07 Å². The summed E-state index contributed by atoms with van der Waals surface area (Å²) < 4.78 is 89.1. The molecule has 12 nitrogen and oxygen atoms in total. The van der Waals surface area contributed by atoms with E-state index >= 15 is 0 Å². The quantitative estimate of drug-likeness (QED) is 0.0868. The number of alkyl carbamates (subject to hydrolysis) is 1. The number of alkyl halides is 6. The van der Waals surface area contributed by atoms with E-state index in [0.717, 1.165) is 54.8 Å². The molecule has 0 saturated heterocycles. The number of halogens is 7. The van der Waals surface area contributed by atoms with E-state index in [9.17, 15) is 36.2 Å². The second-order valence-electron chi connectivity index (χ2n) is 18.6. The average Bonchev–Trinajstić information content (AvgIpc) is 3.93. The summed E-state index contributed by atoms with van der Waals surface area (Å²) in [4.78, 5) is 35.1. The van der Waals surface area contributed by atoms with E-state index in [2.05, 4.69) is 64.0 Å². The summed E-state index contributed by atoms with van der Waals surface area (Å²) in [7, 11) is -2.00. The smallest absolute Gasteiger partial charge is 0.407 e. The average molecular weight is 972 g/mol. The van der Waals surface area contributed by atoms with E-state index in [-0.39, 0.29) is 58.0 Å². The lowest BCUT2D eigenvalue weighted by atomic mass is 10.1. The van der Waals surface area contributed by atoms with Gasteiger partial charge in [0.25, 0.3) is 0 Å². The number of carbonyl (C=O) groups excluding carboxylic acids is 1. The van der Waals surface area contributed by atoms with Crippen LogP contribution in [0.3, 0.4) is 0 Å². The zero-order chi connectivity index (χ0) is 45.8. The molecular formula is C41H61ClF6N8O4S2Si. The molecule has 1 amide bonds. The Labute approximate surface area is 380 Å². The molecule has 0 spiro atoms. The number of nitrogens with zero attached hydrogens (tertiary/aromatic N) is 6. The fourth-order valence-electron chi connectivity index (χ4n) is 7.58. The van der Waals surface area contributed by atoms with Crippen LogP contribution in [0.2, 0.25) is 18.1 Å². The normalized spacial score (nSPS) is 19.7. The molecule has 22 heteroatoms. The molecule has 0 aromatic carbocycles. The van der Waals surface area contributed by atoms with Crippen LogP contribution >= 0.6 is 35.1 Å². The van der Waals surface area contributed by atoms with Crippen molar-refractivity contribution in [2.75, 3.05) is 36.1 Å². The Morgan fingerprint density at radius 1 is 0.810 bits per heavy atom. The number of anilines is 2. The van der Waals surface area contributed by atoms with Crippen LogP contribution in [0.5, 0.6) is 0 Å². The van der Waals surface area contributed by atoms with E-state index in [1.165, 1.54) is 18.7 Å². The maximum atomic E-state index is 13.1. The number of thiophene rings is 2. The number of carbonyl (C=O) groups is 1. The molecule has 2 fully saturated rings. The van der Waals surface area contributed by atoms with Gasteiger partial charge in [-0.05, 0) is 89.6 Å². The summed E-state index contributed by atoms with van der Waals surface area (Å²) in [6.45, 7) is 17.7. The number of ether oxygens (including phenoxy) is 1. The Balaban J connectivity index is 0.000000299. The molecule has 6 rings (SSSR count). The Morgan fingerprint density at radius 3 is 1.75 bits per heavy atom. The van der Waals surface area contributed by atoms with Crippen molar-refractivity contribution in [3.05, 3.63) is 34.5 Å². The second-order valence-corrected chi connectivity index (χ2v) is 25.6. The number of aliphatic hydroxyl groups excluding tert-OH is 1. The third-order valence-corrected chi connectivity index (χ3v) is 18.0. The minimum absolute atomic E-state index is 0.